The molecule has 0 aliphatic carbocycles. The van der Waals surface area contributed by atoms with E-state index in [-0.39, 0.29) is 6.54 Å². The number of benzene rings is 4. The van der Waals surface area contributed by atoms with Crippen LogP contribution in [0.1, 0.15) is 16.9 Å². The second-order valence-electron chi connectivity index (χ2n) is 7.93. The summed E-state index contributed by atoms with van der Waals surface area (Å²) in [4.78, 5) is 0. The van der Waals surface area contributed by atoms with Gasteiger partial charge in [0.25, 0.3) is 0 Å². The van der Waals surface area contributed by atoms with Crippen molar-refractivity contribution in [1.29, 1.82) is 0 Å². The minimum atomic E-state index is -3.45. The van der Waals surface area contributed by atoms with Gasteiger partial charge < -0.3 is 19.2 Å². The third-order valence-electron chi connectivity index (χ3n) is 5.77. The highest BCUT2D eigenvalue weighted by molar-refractivity contribution is 7.78. The molecule has 4 aromatic carbocycles. The van der Waals surface area contributed by atoms with Crippen molar-refractivity contribution in [3.05, 3.63) is 120 Å². The molecule has 0 radical (unpaired) electrons. The highest BCUT2D eigenvalue weighted by Gasteiger charge is 2.42. The molecule has 1 N–H and O–H groups in total. The lowest BCUT2D eigenvalue weighted by Gasteiger charge is -2.34. The zero-order valence-electron chi connectivity index (χ0n) is 19.2. The fraction of sp³-hybridized carbons (Fsp3) is 0.143. The first kappa shape index (κ1) is 23.8. The molecule has 6 heteroatoms. The summed E-state index contributed by atoms with van der Waals surface area (Å²) in [5.74, 6) is 0.224. The van der Waals surface area contributed by atoms with Crippen LogP contribution in [-0.2, 0) is 11.1 Å². The lowest BCUT2D eigenvalue weighted by atomic mass is 10.1. The van der Waals surface area contributed by atoms with E-state index in [1.807, 2.05) is 91.0 Å². The molecule has 0 saturated carbocycles. The molecule has 0 fully saturated rings. The molecule has 34 heavy (non-hydrogen) atoms. The Morgan fingerprint density at radius 1 is 0.735 bits per heavy atom. The number of ether oxygens (including phenoxy) is 2. The van der Waals surface area contributed by atoms with E-state index in [0.717, 1.165) is 5.56 Å². The molecule has 4 aromatic rings. The number of hydrogen-bond donors (Lipinski definition) is 1. The van der Waals surface area contributed by atoms with Gasteiger partial charge in [-0.2, -0.15) is 5.06 Å². The van der Waals surface area contributed by atoms with Crippen LogP contribution in [0.4, 0.5) is 0 Å². The number of rotatable bonds is 9. The molecule has 0 amide bonds. The van der Waals surface area contributed by atoms with Gasteiger partial charge in [0.1, 0.15) is 17.3 Å². The lowest BCUT2D eigenvalue weighted by Crippen LogP contribution is -2.32. The fourth-order valence-electron chi connectivity index (χ4n) is 4.14. The fourth-order valence-corrected chi connectivity index (χ4v) is 7.25. The van der Waals surface area contributed by atoms with Crippen LogP contribution in [0.5, 0.6) is 11.5 Å². The summed E-state index contributed by atoms with van der Waals surface area (Å²) in [7, 11) is -0.302. The van der Waals surface area contributed by atoms with E-state index < -0.39 is 12.9 Å². The summed E-state index contributed by atoms with van der Waals surface area (Å²) < 4.78 is 26.3. The summed E-state index contributed by atoms with van der Waals surface area (Å²) >= 11 is 0. The zero-order valence-corrected chi connectivity index (χ0v) is 20.1. The second-order valence-corrected chi connectivity index (χ2v) is 10.8. The van der Waals surface area contributed by atoms with Crippen molar-refractivity contribution in [2.45, 2.75) is 12.3 Å². The largest absolute Gasteiger partial charge is 0.497 e. The van der Waals surface area contributed by atoms with Crippen LogP contribution in [0.15, 0.2) is 109 Å². The van der Waals surface area contributed by atoms with Gasteiger partial charge in [0, 0.05) is 16.7 Å². The minimum Gasteiger partial charge on any atom is -0.497 e. The Hall–Kier alpha value is -3.37. The molecular formula is C28H28NO4P. The summed E-state index contributed by atoms with van der Waals surface area (Å²) in [5, 5.41) is 14.1. The molecule has 4 rings (SSSR count). The van der Waals surface area contributed by atoms with Gasteiger partial charge in [-0.05, 0) is 23.3 Å². The average Bonchev–Trinajstić information content (AvgIpc) is 2.90. The Bertz CT molecular complexity index is 1180. The van der Waals surface area contributed by atoms with Crippen LogP contribution in [0.2, 0.25) is 0 Å². The van der Waals surface area contributed by atoms with Crippen LogP contribution < -0.4 is 20.1 Å². The highest BCUT2D eigenvalue weighted by Crippen LogP contribution is 2.59. The molecule has 0 spiro atoms. The van der Waals surface area contributed by atoms with E-state index in [1.165, 1.54) is 5.06 Å². The Labute approximate surface area is 200 Å². The van der Waals surface area contributed by atoms with Crippen molar-refractivity contribution in [2.75, 3.05) is 14.2 Å². The highest BCUT2D eigenvalue weighted by atomic mass is 31.2. The van der Waals surface area contributed by atoms with Crippen molar-refractivity contribution < 1.29 is 19.2 Å². The molecule has 0 saturated heterocycles. The van der Waals surface area contributed by atoms with E-state index in [1.54, 1.807) is 32.4 Å². The van der Waals surface area contributed by atoms with Crippen LogP contribution in [-0.4, -0.2) is 24.5 Å². The van der Waals surface area contributed by atoms with E-state index in [9.17, 15) is 5.21 Å². The summed E-state index contributed by atoms with van der Waals surface area (Å²) in [6.07, 6.45) is 0. The molecule has 0 bridgehead atoms. The van der Waals surface area contributed by atoms with E-state index in [0.29, 0.717) is 27.7 Å². The molecule has 174 valence electrons. The van der Waals surface area contributed by atoms with Crippen molar-refractivity contribution in [2.24, 2.45) is 0 Å². The molecule has 1 atom stereocenters. The Kier molecular flexibility index (Phi) is 7.49. The predicted molar refractivity (Wildman–Crippen MR) is 136 cm³/mol. The summed E-state index contributed by atoms with van der Waals surface area (Å²) in [6.45, 7) is 0.189. The quantitative estimate of drug-likeness (QED) is 0.253. The second kappa shape index (κ2) is 10.7. The summed E-state index contributed by atoms with van der Waals surface area (Å²) in [6, 6.07) is 33.7. The molecule has 0 aliphatic rings. The number of methoxy groups -OCH3 is 2. The van der Waals surface area contributed by atoms with Gasteiger partial charge in [-0.3, -0.25) is 0 Å². The lowest BCUT2D eigenvalue weighted by molar-refractivity contribution is -0.114. The standard InChI is InChI=1S/C28H28NO4P/c1-32-24-18-23(19-25(20-24)33-2)28(29(30)21-22-12-6-3-7-13-22)34(31,26-14-8-4-9-15-26)27-16-10-5-11-17-27/h3-20,28,30H,21H2,1-2H3. The summed E-state index contributed by atoms with van der Waals surface area (Å²) in [5.41, 5.74) is 1.53. The van der Waals surface area contributed by atoms with Gasteiger partial charge in [-0.15, -0.1) is 0 Å². The minimum absolute atomic E-state index is 0.189. The average molecular weight is 474 g/mol. The normalized spacial score (nSPS) is 12.4. The van der Waals surface area contributed by atoms with Crippen LogP contribution in [0.3, 0.4) is 0 Å². The Morgan fingerprint density at radius 2 is 1.18 bits per heavy atom. The first-order valence-corrected chi connectivity index (χ1v) is 12.8. The zero-order chi connectivity index (χ0) is 24.0. The maximum atomic E-state index is 15.3. The Balaban J connectivity index is 1.96. The van der Waals surface area contributed by atoms with Gasteiger partial charge in [0.05, 0.1) is 20.8 Å². The molecule has 0 aromatic heterocycles. The SMILES string of the molecule is COc1cc(OC)cc(C(N(O)Cc2ccccc2)P(=O)(c2ccccc2)c2ccccc2)c1. The van der Waals surface area contributed by atoms with Crippen molar-refractivity contribution in [3.63, 3.8) is 0 Å². The van der Waals surface area contributed by atoms with Crippen LogP contribution in [0.25, 0.3) is 0 Å². The molecular weight excluding hydrogens is 445 g/mol. The number of nitrogens with zero attached hydrogens (tertiary/aromatic N) is 1. The first-order valence-electron chi connectivity index (χ1n) is 11.0. The van der Waals surface area contributed by atoms with E-state index in [2.05, 4.69) is 0 Å². The monoisotopic (exact) mass is 473 g/mol. The molecule has 0 heterocycles. The molecule has 5 nitrogen and oxygen atoms in total. The molecule has 1 unspecified atom stereocenters. The maximum absolute atomic E-state index is 15.3. The van der Waals surface area contributed by atoms with Crippen LogP contribution in [0, 0.1) is 0 Å². The number of hydroxylamine groups is 2. The van der Waals surface area contributed by atoms with Gasteiger partial charge >= 0.3 is 0 Å². The van der Waals surface area contributed by atoms with Crippen molar-refractivity contribution in [3.8, 4) is 11.5 Å². The predicted octanol–water partition coefficient (Wildman–Crippen LogP) is 5.61. The molecule has 0 aliphatic heterocycles. The van der Waals surface area contributed by atoms with Gasteiger partial charge in [-0.25, -0.2) is 0 Å². The van der Waals surface area contributed by atoms with Crippen molar-refractivity contribution >= 4 is 17.8 Å². The Morgan fingerprint density at radius 3 is 1.62 bits per heavy atom. The van der Waals surface area contributed by atoms with Gasteiger partial charge in [0.15, 0.2) is 7.14 Å². The third kappa shape index (κ3) is 4.92. The number of hydrogen-bond acceptors (Lipinski definition) is 5. The first-order chi connectivity index (χ1) is 16.6. The van der Waals surface area contributed by atoms with Crippen LogP contribution >= 0.6 is 7.14 Å². The van der Waals surface area contributed by atoms with Crippen molar-refractivity contribution in [1.82, 2.24) is 5.06 Å². The van der Waals surface area contributed by atoms with E-state index >= 15 is 4.57 Å². The maximum Gasteiger partial charge on any atom is 0.166 e. The van der Waals surface area contributed by atoms with Gasteiger partial charge in [-0.1, -0.05) is 91.0 Å². The topological polar surface area (TPSA) is 59.0 Å². The smallest absolute Gasteiger partial charge is 0.166 e. The third-order valence-corrected chi connectivity index (χ3v) is 9.15. The van der Waals surface area contributed by atoms with Gasteiger partial charge in [0.2, 0.25) is 0 Å². The van der Waals surface area contributed by atoms with E-state index in [4.69, 9.17) is 9.47 Å².